The van der Waals surface area contributed by atoms with E-state index in [-0.39, 0.29) is 11.3 Å². The van der Waals surface area contributed by atoms with Crippen molar-refractivity contribution in [1.29, 1.82) is 0 Å². The average molecular weight is 343 g/mol. The van der Waals surface area contributed by atoms with Crippen molar-refractivity contribution in [3.05, 3.63) is 54.4 Å². The highest BCUT2D eigenvalue weighted by Gasteiger charge is 2.15. The summed E-state index contributed by atoms with van der Waals surface area (Å²) in [7, 11) is 0. The molecule has 0 saturated carbocycles. The molecule has 2 aromatic heterocycles. The maximum atomic E-state index is 11.5. The fraction of sp³-hybridized carbons (Fsp3) is 0.0625. The molecule has 3 aromatic rings. The highest BCUT2D eigenvalue weighted by Crippen LogP contribution is 2.30. The monoisotopic (exact) mass is 343 g/mol. The van der Waals surface area contributed by atoms with Gasteiger partial charge in [-0.2, -0.15) is 5.10 Å². The molecule has 24 heavy (non-hydrogen) atoms. The van der Waals surface area contributed by atoms with E-state index in [1.165, 1.54) is 35.3 Å². The zero-order valence-corrected chi connectivity index (χ0v) is 13.4. The molecule has 3 rings (SSSR count). The summed E-state index contributed by atoms with van der Waals surface area (Å²) in [6.45, 7) is 0. The van der Waals surface area contributed by atoms with Crippen LogP contribution in [0.3, 0.4) is 0 Å². The number of aromatic hydroxyl groups is 1. The van der Waals surface area contributed by atoms with Crippen molar-refractivity contribution in [1.82, 2.24) is 14.8 Å². The molecule has 0 spiro atoms. The van der Waals surface area contributed by atoms with Gasteiger partial charge in [0.05, 0.1) is 17.5 Å². The Bertz CT molecular complexity index is 908. The van der Waals surface area contributed by atoms with Crippen LogP contribution in [0, 0.1) is 0 Å². The number of hydrogen-bond acceptors (Lipinski definition) is 5. The van der Waals surface area contributed by atoms with Crippen molar-refractivity contribution >= 4 is 17.1 Å². The smallest absolute Gasteiger partial charge is 0.335 e. The zero-order chi connectivity index (χ0) is 17.3. The average Bonchev–Trinajstić information content (AvgIpc) is 3.04. The van der Waals surface area contributed by atoms with E-state index in [9.17, 15) is 14.5 Å². The van der Waals surface area contributed by atoms with E-state index in [0.29, 0.717) is 22.0 Å². The first-order chi connectivity index (χ1) is 11.5. The number of carbonyl (C=O) groups is 1. The van der Waals surface area contributed by atoms with Crippen LogP contribution in [0.1, 0.15) is 10.4 Å². The number of carboxylic acids is 1. The van der Waals surface area contributed by atoms with Crippen LogP contribution in [0.25, 0.3) is 17.1 Å². The zero-order valence-electron chi connectivity index (χ0n) is 12.6. The molecular formula is C16H13N3O4S. The molecule has 0 aliphatic rings. The lowest BCUT2D eigenvalue weighted by Crippen LogP contribution is -2.05. The topological polar surface area (TPSA) is 111 Å². The second-order valence-corrected chi connectivity index (χ2v) is 6.32. The molecule has 0 aliphatic carbocycles. The second-order valence-electron chi connectivity index (χ2n) is 4.97. The summed E-state index contributed by atoms with van der Waals surface area (Å²) < 4.78 is 13.0. The summed E-state index contributed by atoms with van der Waals surface area (Å²) in [6, 6.07) is 9.31. The van der Waals surface area contributed by atoms with Gasteiger partial charge >= 0.3 is 5.97 Å². The molecule has 8 heteroatoms. The number of nitrogens with zero attached hydrogens (tertiary/aromatic N) is 3. The Kier molecular flexibility index (Phi) is 4.24. The maximum absolute atomic E-state index is 11.5. The molecule has 0 aliphatic heterocycles. The van der Waals surface area contributed by atoms with Gasteiger partial charge in [0.2, 0.25) is 0 Å². The fourth-order valence-corrected chi connectivity index (χ4v) is 2.90. The molecular weight excluding hydrogens is 330 g/mol. The van der Waals surface area contributed by atoms with E-state index in [4.69, 9.17) is 5.11 Å². The van der Waals surface area contributed by atoms with Crippen molar-refractivity contribution in [3.63, 3.8) is 0 Å². The quantitative estimate of drug-likeness (QED) is 0.702. The molecule has 0 radical (unpaired) electrons. The molecule has 0 fully saturated rings. The van der Waals surface area contributed by atoms with Crippen molar-refractivity contribution in [2.24, 2.45) is 0 Å². The van der Waals surface area contributed by atoms with Gasteiger partial charge in [-0.25, -0.2) is 14.5 Å². The summed E-state index contributed by atoms with van der Waals surface area (Å²) in [5.74, 6) is -0.786. The summed E-state index contributed by atoms with van der Waals surface area (Å²) in [6.07, 6.45) is 4.43. The summed E-state index contributed by atoms with van der Waals surface area (Å²) >= 11 is -1.30. The van der Waals surface area contributed by atoms with E-state index in [1.54, 1.807) is 24.4 Å². The van der Waals surface area contributed by atoms with Gasteiger partial charge in [0.1, 0.15) is 6.26 Å². The Hall–Kier alpha value is -2.84. The summed E-state index contributed by atoms with van der Waals surface area (Å²) in [4.78, 5) is 15.6. The Labute approximate surface area is 140 Å². The van der Waals surface area contributed by atoms with Gasteiger partial charge in [-0.15, -0.1) is 0 Å². The first-order valence-corrected chi connectivity index (χ1v) is 8.44. The largest absolute Gasteiger partial charge is 0.612 e. The van der Waals surface area contributed by atoms with Crippen molar-refractivity contribution in [2.45, 2.75) is 4.90 Å². The van der Waals surface area contributed by atoms with Crippen LogP contribution in [0.15, 0.2) is 53.7 Å². The van der Waals surface area contributed by atoms with Crippen LogP contribution < -0.4 is 0 Å². The fourth-order valence-electron chi connectivity index (χ4n) is 2.29. The van der Waals surface area contributed by atoms with Gasteiger partial charge in [0.25, 0.3) is 0 Å². The Morgan fingerprint density at radius 1 is 1.21 bits per heavy atom. The lowest BCUT2D eigenvalue weighted by molar-refractivity contribution is 0.0696. The lowest BCUT2D eigenvalue weighted by atomic mass is 10.1. The predicted molar refractivity (Wildman–Crippen MR) is 87.8 cm³/mol. The molecule has 0 saturated heterocycles. The minimum Gasteiger partial charge on any atom is -0.612 e. The van der Waals surface area contributed by atoms with Crippen molar-refractivity contribution in [3.8, 4) is 22.8 Å². The standard InChI is InChI=1S/C16H13N3O4S/c1-24(23)14-3-2-10(8-13(14)20)12-5-7-18-19(12)15-9-11(16(21)22)4-6-17-15/h2-9,20H,1H3,(H,21,22). The number of carboxylic acid groups (broad SMARTS) is 1. The van der Waals surface area contributed by atoms with Gasteiger partial charge in [0, 0.05) is 11.8 Å². The Balaban J connectivity index is 2.07. The normalized spacial score (nSPS) is 12.1. The van der Waals surface area contributed by atoms with Gasteiger partial charge in [0.15, 0.2) is 16.5 Å². The number of phenolic OH excluding ortho intramolecular Hbond substituents is 1. The molecule has 122 valence electrons. The molecule has 0 bridgehead atoms. The highest BCUT2D eigenvalue weighted by molar-refractivity contribution is 7.90. The van der Waals surface area contributed by atoms with Crippen LogP contribution in [-0.4, -0.2) is 41.8 Å². The number of aromatic nitrogens is 3. The number of phenols is 1. The van der Waals surface area contributed by atoms with Gasteiger partial charge in [-0.05, 0) is 47.6 Å². The van der Waals surface area contributed by atoms with Crippen LogP contribution >= 0.6 is 0 Å². The van der Waals surface area contributed by atoms with E-state index in [0.717, 1.165) is 0 Å². The minimum absolute atomic E-state index is 0.0756. The first-order valence-electron chi connectivity index (χ1n) is 6.88. The van der Waals surface area contributed by atoms with E-state index in [1.807, 2.05) is 0 Å². The number of pyridine rings is 1. The third-order valence-electron chi connectivity index (χ3n) is 3.42. The van der Waals surface area contributed by atoms with Crippen LogP contribution in [0.2, 0.25) is 0 Å². The van der Waals surface area contributed by atoms with Gasteiger partial charge in [-0.3, -0.25) is 0 Å². The molecule has 1 aromatic carbocycles. The molecule has 1 atom stereocenters. The SMILES string of the molecule is C[S+]([O-])c1ccc(-c2ccnn2-c2cc(C(=O)O)ccn2)cc1O. The number of benzene rings is 1. The number of aromatic carboxylic acids is 1. The maximum Gasteiger partial charge on any atom is 0.335 e. The third kappa shape index (κ3) is 2.97. The third-order valence-corrected chi connectivity index (χ3v) is 4.38. The highest BCUT2D eigenvalue weighted by atomic mass is 32.2. The lowest BCUT2D eigenvalue weighted by Gasteiger charge is -2.10. The number of hydrogen-bond donors (Lipinski definition) is 2. The van der Waals surface area contributed by atoms with Crippen LogP contribution in [-0.2, 0) is 11.2 Å². The van der Waals surface area contributed by atoms with Gasteiger partial charge < -0.3 is 14.8 Å². The molecule has 2 N–H and O–H groups in total. The molecule has 1 unspecified atom stereocenters. The van der Waals surface area contributed by atoms with Crippen molar-refractivity contribution in [2.75, 3.05) is 6.26 Å². The summed E-state index contributed by atoms with van der Waals surface area (Å²) in [5.41, 5.74) is 1.36. The number of rotatable bonds is 4. The Morgan fingerprint density at radius 3 is 2.67 bits per heavy atom. The van der Waals surface area contributed by atoms with Gasteiger partial charge in [-0.1, -0.05) is 0 Å². The summed E-state index contributed by atoms with van der Waals surface area (Å²) in [5, 5.41) is 23.3. The molecule has 7 nitrogen and oxygen atoms in total. The van der Waals surface area contributed by atoms with E-state index in [2.05, 4.69) is 10.1 Å². The molecule has 2 heterocycles. The Morgan fingerprint density at radius 2 is 2.00 bits per heavy atom. The van der Waals surface area contributed by atoms with E-state index < -0.39 is 17.1 Å². The minimum atomic E-state index is -1.30. The first kappa shape index (κ1) is 16.0. The van der Waals surface area contributed by atoms with Crippen LogP contribution in [0.5, 0.6) is 5.75 Å². The van der Waals surface area contributed by atoms with Crippen LogP contribution in [0.4, 0.5) is 0 Å². The molecule has 0 amide bonds. The second kappa shape index (κ2) is 6.34. The predicted octanol–water partition coefficient (Wildman–Crippen LogP) is 2.08. The van der Waals surface area contributed by atoms with E-state index >= 15 is 0 Å². The van der Waals surface area contributed by atoms with Crippen molar-refractivity contribution < 1.29 is 19.6 Å².